The van der Waals surface area contributed by atoms with Crippen molar-refractivity contribution in [1.29, 1.82) is 5.26 Å². The van der Waals surface area contributed by atoms with E-state index in [2.05, 4.69) is 10.6 Å². The number of allylic oxidation sites excluding steroid dienone is 2. The van der Waals surface area contributed by atoms with Gasteiger partial charge >= 0.3 is 12.1 Å². The fourth-order valence-electron chi connectivity index (χ4n) is 6.30. The second kappa shape index (κ2) is 10.8. The van der Waals surface area contributed by atoms with E-state index in [0.717, 1.165) is 6.42 Å². The van der Waals surface area contributed by atoms with Gasteiger partial charge in [-0.15, -0.1) is 0 Å². The van der Waals surface area contributed by atoms with Crippen molar-refractivity contribution in [3.05, 3.63) is 12.2 Å². The van der Waals surface area contributed by atoms with E-state index in [1.54, 1.807) is 0 Å². The van der Waals surface area contributed by atoms with Crippen molar-refractivity contribution in [3.8, 4) is 6.07 Å². The zero-order valence-corrected chi connectivity index (χ0v) is 22.1. The summed E-state index contributed by atoms with van der Waals surface area (Å²) in [6, 6.07) is -1.70. The van der Waals surface area contributed by atoms with Gasteiger partial charge in [-0.1, -0.05) is 32.9 Å². The summed E-state index contributed by atoms with van der Waals surface area (Å²) in [6.07, 6.45) is -0.742. The number of likely N-dealkylation sites (tertiary alicyclic amines) is 1. The minimum absolute atomic E-state index is 0.00269. The Bertz CT molecular complexity index is 1080. The summed E-state index contributed by atoms with van der Waals surface area (Å²) in [5, 5.41) is 16.9. The molecule has 2 aliphatic carbocycles. The molecular formula is C26H34F3N5O5. The van der Waals surface area contributed by atoms with Gasteiger partial charge in [0, 0.05) is 26.1 Å². The molecule has 2 saturated heterocycles. The number of ether oxygens (including phenoxy) is 1. The molecule has 3 N–H and O–H groups in total. The van der Waals surface area contributed by atoms with Gasteiger partial charge in [0.25, 0.3) is 0 Å². The molecule has 3 fully saturated rings. The predicted octanol–water partition coefficient (Wildman–Crippen LogP) is 1.03. The Morgan fingerprint density at radius 3 is 2.54 bits per heavy atom. The topological polar surface area (TPSA) is 141 Å². The lowest BCUT2D eigenvalue weighted by Crippen LogP contribution is -2.60. The van der Waals surface area contributed by atoms with Gasteiger partial charge in [0.15, 0.2) is 0 Å². The summed E-state index contributed by atoms with van der Waals surface area (Å²) in [5.41, 5.74) is -1.09. The Labute approximate surface area is 224 Å². The highest BCUT2D eigenvalue weighted by molar-refractivity contribution is 5.94. The number of hydrogen-bond acceptors (Lipinski definition) is 6. The van der Waals surface area contributed by atoms with Crippen molar-refractivity contribution in [2.45, 2.75) is 70.4 Å². The molecule has 0 aromatic heterocycles. The molecule has 0 spiro atoms. The van der Waals surface area contributed by atoms with E-state index in [0.29, 0.717) is 19.6 Å². The van der Waals surface area contributed by atoms with Crippen LogP contribution >= 0.6 is 0 Å². The number of halogens is 3. The van der Waals surface area contributed by atoms with Gasteiger partial charge in [-0.25, -0.2) is 0 Å². The van der Waals surface area contributed by atoms with Crippen molar-refractivity contribution in [3.63, 3.8) is 0 Å². The number of fused-ring (bicyclic) bond motifs is 5. The maximum Gasteiger partial charge on any atom is 0.471 e. The molecule has 13 heteroatoms. The maximum atomic E-state index is 13.8. The van der Waals surface area contributed by atoms with Crippen molar-refractivity contribution < 1.29 is 37.1 Å². The van der Waals surface area contributed by atoms with Crippen LogP contribution in [0.2, 0.25) is 0 Å². The molecule has 10 nitrogen and oxygen atoms in total. The number of carbonyl (C=O) groups excluding carboxylic acids is 4. The molecule has 0 aromatic rings. The van der Waals surface area contributed by atoms with Crippen LogP contribution in [0.5, 0.6) is 0 Å². The van der Waals surface area contributed by atoms with Crippen LogP contribution in [0.15, 0.2) is 12.2 Å². The van der Waals surface area contributed by atoms with Crippen LogP contribution in [0.3, 0.4) is 0 Å². The predicted molar refractivity (Wildman–Crippen MR) is 130 cm³/mol. The number of nitriles is 1. The maximum absolute atomic E-state index is 13.8. The molecule has 8 atom stereocenters. The second-order valence-electron chi connectivity index (χ2n) is 11.8. The van der Waals surface area contributed by atoms with Crippen molar-refractivity contribution in [2.75, 3.05) is 19.7 Å². The molecule has 1 saturated carbocycles. The fraction of sp³-hybridized carbons (Fsp3) is 0.731. The first-order valence-electron chi connectivity index (χ1n) is 13.2. The lowest BCUT2D eigenvalue weighted by Gasteiger charge is -2.37. The van der Waals surface area contributed by atoms with E-state index in [1.807, 2.05) is 23.5 Å². The highest BCUT2D eigenvalue weighted by Crippen LogP contribution is 2.54. The van der Waals surface area contributed by atoms with E-state index in [4.69, 9.17) is 4.74 Å². The van der Waals surface area contributed by atoms with E-state index < -0.39 is 53.5 Å². The largest absolute Gasteiger partial charge is 0.471 e. The van der Waals surface area contributed by atoms with Crippen LogP contribution < -0.4 is 16.0 Å². The molecule has 4 aliphatic rings. The number of nitrogens with one attached hydrogen (secondary N) is 3. The normalized spacial score (nSPS) is 31.5. The van der Waals surface area contributed by atoms with E-state index in [-0.39, 0.29) is 42.5 Å². The monoisotopic (exact) mass is 553 g/mol. The van der Waals surface area contributed by atoms with Crippen LogP contribution in [0.4, 0.5) is 13.2 Å². The van der Waals surface area contributed by atoms with Crippen molar-refractivity contribution >= 4 is 23.6 Å². The Morgan fingerprint density at radius 2 is 1.90 bits per heavy atom. The van der Waals surface area contributed by atoms with Gasteiger partial charge in [0.2, 0.25) is 17.7 Å². The summed E-state index contributed by atoms with van der Waals surface area (Å²) in [4.78, 5) is 52.9. The van der Waals surface area contributed by atoms with E-state index in [1.165, 1.54) is 25.7 Å². The molecule has 39 heavy (non-hydrogen) atoms. The fourth-order valence-corrected chi connectivity index (χ4v) is 6.30. The molecule has 2 bridgehead atoms. The quantitative estimate of drug-likeness (QED) is 0.420. The number of amides is 4. The lowest BCUT2D eigenvalue weighted by atomic mass is 9.81. The average molecular weight is 554 g/mol. The third kappa shape index (κ3) is 5.90. The Balaban J connectivity index is 1.57. The molecule has 214 valence electrons. The minimum atomic E-state index is -5.18. The average Bonchev–Trinajstić information content (AvgIpc) is 3.52. The SMILES string of the molecule is CC(C)(C)[C@H](NC(=O)C(F)(F)F)C(=O)N1C[C@H]2[C@@H]([C@H]1C(=O)N[C@H](C#N)C[C@@H]1OCCCNC1=O)[C@H]1C=C[C@@H]2C1. The van der Waals surface area contributed by atoms with Crippen LogP contribution in [-0.4, -0.2) is 78.6 Å². The van der Waals surface area contributed by atoms with Crippen LogP contribution in [0, 0.1) is 40.4 Å². The second-order valence-corrected chi connectivity index (χ2v) is 11.8. The van der Waals surface area contributed by atoms with Gasteiger partial charge in [0.05, 0.1) is 6.07 Å². The van der Waals surface area contributed by atoms with Gasteiger partial charge < -0.3 is 25.6 Å². The van der Waals surface area contributed by atoms with Gasteiger partial charge in [-0.05, 0) is 41.9 Å². The zero-order valence-electron chi connectivity index (χ0n) is 22.1. The van der Waals surface area contributed by atoms with Crippen molar-refractivity contribution in [2.24, 2.45) is 29.1 Å². The molecule has 2 heterocycles. The Kier molecular flexibility index (Phi) is 7.98. The van der Waals surface area contributed by atoms with Gasteiger partial charge in [-0.2, -0.15) is 18.4 Å². The minimum Gasteiger partial charge on any atom is -0.368 e. The first-order chi connectivity index (χ1) is 18.2. The van der Waals surface area contributed by atoms with Gasteiger partial charge in [-0.3, -0.25) is 19.2 Å². The molecule has 0 aromatic carbocycles. The molecule has 0 radical (unpaired) electrons. The Hall–Kier alpha value is -3.14. The summed E-state index contributed by atoms with van der Waals surface area (Å²) < 4.78 is 44.8. The van der Waals surface area contributed by atoms with Crippen molar-refractivity contribution in [1.82, 2.24) is 20.9 Å². The van der Waals surface area contributed by atoms with Gasteiger partial charge in [0.1, 0.15) is 24.2 Å². The third-order valence-electron chi connectivity index (χ3n) is 8.15. The molecule has 4 rings (SSSR count). The molecular weight excluding hydrogens is 519 g/mol. The van der Waals surface area contributed by atoms with E-state index >= 15 is 0 Å². The van der Waals surface area contributed by atoms with E-state index in [9.17, 15) is 37.6 Å². The number of alkyl halides is 3. The number of hydrogen-bond donors (Lipinski definition) is 3. The number of carbonyl (C=O) groups is 4. The molecule has 2 aliphatic heterocycles. The zero-order chi connectivity index (χ0) is 28.7. The highest BCUT2D eigenvalue weighted by Gasteiger charge is 2.59. The van der Waals surface area contributed by atoms with Crippen LogP contribution in [0.1, 0.15) is 40.0 Å². The Morgan fingerprint density at radius 1 is 1.21 bits per heavy atom. The summed E-state index contributed by atoms with van der Waals surface area (Å²) in [6.45, 7) is 5.51. The third-order valence-corrected chi connectivity index (χ3v) is 8.15. The first-order valence-corrected chi connectivity index (χ1v) is 13.2. The summed E-state index contributed by atoms with van der Waals surface area (Å²) in [7, 11) is 0. The molecule has 4 amide bonds. The standard InChI is InChI=1S/C26H34F3N5O5/c1-25(2,3)20(33-24(38)26(27,28)29)23(37)34-12-16-13-5-6-14(9-13)18(16)19(34)22(36)32-15(11-30)10-17-21(35)31-7-4-8-39-17/h5-6,13-20H,4,7-10,12H2,1-3H3,(H,31,35)(H,32,36)(H,33,38)/t13-,14+,15+,16-,17+,18+,19+,20-/m1/s1. The summed E-state index contributed by atoms with van der Waals surface area (Å²) >= 11 is 0. The van der Waals surface area contributed by atoms with Crippen LogP contribution in [-0.2, 0) is 23.9 Å². The summed E-state index contributed by atoms with van der Waals surface area (Å²) in [5.74, 6) is -4.24. The number of nitrogens with zero attached hydrogens (tertiary/aromatic N) is 2. The van der Waals surface area contributed by atoms with Crippen LogP contribution in [0.25, 0.3) is 0 Å². The molecule has 0 unspecified atom stereocenters. The highest BCUT2D eigenvalue weighted by atomic mass is 19.4. The lowest BCUT2D eigenvalue weighted by molar-refractivity contribution is -0.176. The smallest absolute Gasteiger partial charge is 0.368 e. The number of rotatable bonds is 6. The first kappa shape index (κ1) is 28.9.